The molecule has 47 heavy (non-hydrogen) atoms. The number of carbonyl (C=O) groups is 3. The van der Waals surface area contributed by atoms with Crippen molar-refractivity contribution in [2.24, 2.45) is 5.10 Å². The Hall–Kier alpha value is -5.46. The lowest BCUT2D eigenvalue weighted by molar-refractivity contribution is -0.124. The van der Waals surface area contributed by atoms with Crippen LogP contribution in [0.15, 0.2) is 113 Å². The number of carbonyl (C=O) groups excluding carboxylic acids is 3. The van der Waals surface area contributed by atoms with E-state index in [4.69, 9.17) is 0 Å². The van der Waals surface area contributed by atoms with Gasteiger partial charge in [0.25, 0.3) is 5.91 Å². The molecule has 1 aliphatic rings. The van der Waals surface area contributed by atoms with E-state index in [1.165, 1.54) is 22.1 Å². The number of phenols is 1. The Morgan fingerprint density at radius 3 is 2.32 bits per heavy atom. The first-order valence-electron chi connectivity index (χ1n) is 14.7. The minimum Gasteiger partial charge on any atom is -0.507 e. The first-order valence-corrected chi connectivity index (χ1v) is 15.5. The maximum Gasteiger partial charge on any atom is 0.347 e. The molecule has 5 aromatic rings. The Balaban J connectivity index is 1.32. The number of aromatic hydroxyl groups is 1. The summed E-state index contributed by atoms with van der Waals surface area (Å²) in [5, 5.41) is 32.2. The van der Waals surface area contributed by atoms with Gasteiger partial charge < -0.3 is 15.3 Å². The van der Waals surface area contributed by atoms with Gasteiger partial charge in [-0.2, -0.15) is 10.2 Å². The molecule has 0 radical (unpaired) electrons. The number of hydrogen-bond acceptors (Lipinski definition) is 6. The molecule has 0 spiro atoms. The molecule has 1 saturated heterocycles. The highest BCUT2D eigenvalue weighted by Crippen LogP contribution is 2.40. The first kappa shape index (κ1) is 31.5. The molecule has 4 N–H and O–H groups in total. The van der Waals surface area contributed by atoms with E-state index < -0.39 is 36.2 Å². The van der Waals surface area contributed by atoms with Crippen LogP contribution in [0.4, 0.5) is 21.0 Å². The van der Waals surface area contributed by atoms with Crippen LogP contribution in [0.3, 0.4) is 0 Å². The first-order chi connectivity index (χ1) is 22.6. The maximum absolute atomic E-state index is 14.3. The maximum atomic E-state index is 14.3. The lowest BCUT2D eigenvalue weighted by Crippen LogP contribution is -2.58. The second-order valence-electron chi connectivity index (χ2n) is 11.6. The van der Waals surface area contributed by atoms with Gasteiger partial charge in [0.05, 0.1) is 23.1 Å². The van der Waals surface area contributed by atoms with Crippen LogP contribution in [-0.2, 0) is 4.79 Å². The van der Waals surface area contributed by atoms with E-state index in [1.807, 2.05) is 60.7 Å². The highest BCUT2D eigenvalue weighted by atomic mass is 79.9. The molecule has 0 bridgehead atoms. The molecule has 0 saturated carbocycles. The van der Waals surface area contributed by atoms with Gasteiger partial charge in [0.2, 0.25) is 0 Å². The highest BCUT2D eigenvalue weighted by Gasteiger charge is 2.56. The standard InChI is InChI=1S/C35H31BrN6O5/c1-35(2)32(42(47)33(45)38-28-15-7-11-22-9-3-5-13-26(22)28)41(29-16-8-12-23-10-4-6-14-27(23)29)34(46)40(35)21-31(44)39-37-20-24-19-25(36)17-18-30(24)43/h3-20,32,43,47H,21H2,1-2H3,(H,38,45)(H,39,44). The Bertz CT molecular complexity index is 2040. The lowest BCUT2D eigenvalue weighted by Gasteiger charge is -2.38. The molecule has 11 nitrogen and oxygen atoms in total. The number of nitrogens with zero attached hydrogens (tertiary/aromatic N) is 4. The van der Waals surface area contributed by atoms with E-state index in [-0.39, 0.29) is 5.75 Å². The molecule has 1 heterocycles. The molecule has 0 aliphatic carbocycles. The van der Waals surface area contributed by atoms with Crippen LogP contribution >= 0.6 is 15.9 Å². The highest BCUT2D eigenvalue weighted by molar-refractivity contribution is 9.10. The number of hydroxylamine groups is 2. The molecule has 5 amide bonds. The molecule has 5 aromatic carbocycles. The van der Waals surface area contributed by atoms with Crippen molar-refractivity contribution in [2.45, 2.75) is 25.6 Å². The fourth-order valence-corrected chi connectivity index (χ4v) is 6.25. The van der Waals surface area contributed by atoms with Crippen LogP contribution in [0.1, 0.15) is 19.4 Å². The third kappa shape index (κ3) is 6.08. The number of hydrogen-bond donors (Lipinski definition) is 4. The van der Waals surface area contributed by atoms with Crippen LogP contribution in [0.5, 0.6) is 5.75 Å². The van der Waals surface area contributed by atoms with Crippen molar-refractivity contribution < 1.29 is 24.7 Å². The number of fused-ring (bicyclic) bond motifs is 2. The molecule has 1 fully saturated rings. The summed E-state index contributed by atoms with van der Waals surface area (Å²) in [6, 6.07) is 29.2. The Morgan fingerprint density at radius 2 is 1.57 bits per heavy atom. The quantitative estimate of drug-likeness (QED) is 0.0836. The largest absolute Gasteiger partial charge is 0.507 e. The minimum atomic E-state index is -1.29. The van der Waals surface area contributed by atoms with E-state index in [9.17, 15) is 24.7 Å². The fourth-order valence-electron chi connectivity index (χ4n) is 5.87. The van der Waals surface area contributed by atoms with Crippen LogP contribution in [0, 0.1) is 0 Å². The number of nitrogens with one attached hydrogen (secondary N) is 2. The van der Waals surface area contributed by atoms with Crippen molar-refractivity contribution in [1.82, 2.24) is 15.4 Å². The number of rotatable bonds is 7. The van der Waals surface area contributed by atoms with Gasteiger partial charge in [-0.1, -0.05) is 88.7 Å². The van der Waals surface area contributed by atoms with Crippen molar-refractivity contribution in [1.29, 1.82) is 0 Å². The molecular formula is C35H31BrN6O5. The summed E-state index contributed by atoms with van der Waals surface area (Å²) >= 11 is 3.33. The van der Waals surface area contributed by atoms with Crippen molar-refractivity contribution in [3.63, 3.8) is 0 Å². The summed E-state index contributed by atoms with van der Waals surface area (Å²) in [7, 11) is 0. The summed E-state index contributed by atoms with van der Waals surface area (Å²) < 4.78 is 0.713. The molecule has 1 unspecified atom stereocenters. The predicted molar refractivity (Wildman–Crippen MR) is 185 cm³/mol. The zero-order valence-corrected chi connectivity index (χ0v) is 27.0. The van der Waals surface area contributed by atoms with Gasteiger partial charge in [0, 0.05) is 20.8 Å². The van der Waals surface area contributed by atoms with Crippen molar-refractivity contribution in [2.75, 3.05) is 16.8 Å². The summed E-state index contributed by atoms with van der Waals surface area (Å²) in [5.41, 5.74) is 2.41. The average molecular weight is 696 g/mol. The van der Waals surface area contributed by atoms with Crippen LogP contribution in [-0.4, -0.2) is 62.7 Å². The van der Waals surface area contributed by atoms with E-state index in [1.54, 1.807) is 50.2 Å². The number of amides is 5. The average Bonchev–Trinajstić information content (AvgIpc) is 3.25. The third-order valence-electron chi connectivity index (χ3n) is 8.19. The molecule has 238 valence electrons. The zero-order valence-electron chi connectivity index (χ0n) is 25.5. The zero-order chi connectivity index (χ0) is 33.3. The number of benzene rings is 5. The number of urea groups is 2. The number of anilines is 2. The predicted octanol–water partition coefficient (Wildman–Crippen LogP) is 6.88. The van der Waals surface area contributed by atoms with E-state index in [0.29, 0.717) is 26.5 Å². The molecule has 6 rings (SSSR count). The second-order valence-corrected chi connectivity index (χ2v) is 12.5. The van der Waals surface area contributed by atoms with Gasteiger partial charge >= 0.3 is 12.1 Å². The summed E-state index contributed by atoms with van der Waals surface area (Å²) in [5.74, 6) is -0.652. The van der Waals surface area contributed by atoms with E-state index in [0.717, 1.165) is 21.5 Å². The summed E-state index contributed by atoms with van der Waals surface area (Å²) in [4.78, 5) is 43.8. The van der Waals surface area contributed by atoms with Gasteiger partial charge in [-0.15, -0.1) is 0 Å². The Labute approximate surface area is 278 Å². The lowest BCUT2D eigenvalue weighted by atomic mass is 9.99. The van der Waals surface area contributed by atoms with E-state index >= 15 is 0 Å². The van der Waals surface area contributed by atoms with Gasteiger partial charge in [-0.3, -0.25) is 14.9 Å². The van der Waals surface area contributed by atoms with Crippen LogP contribution in [0.25, 0.3) is 21.5 Å². The summed E-state index contributed by atoms with van der Waals surface area (Å²) in [6.45, 7) is 2.90. The number of hydrazone groups is 1. The van der Waals surface area contributed by atoms with Crippen molar-refractivity contribution >= 4 is 73.0 Å². The van der Waals surface area contributed by atoms with Gasteiger partial charge in [-0.25, -0.2) is 15.0 Å². The SMILES string of the molecule is CC1(C)C(N(O)C(=O)Nc2cccc3ccccc23)N(c2cccc3ccccc23)C(=O)N1CC(=O)NN=Cc1cc(Br)ccc1O. The van der Waals surface area contributed by atoms with Gasteiger partial charge in [0.1, 0.15) is 12.3 Å². The monoisotopic (exact) mass is 694 g/mol. The van der Waals surface area contributed by atoms with Crippen molar-refractivity contribution in [3.8, 4) is 5.75 Å². The van der Waals surface area contributed by atoms with Crippen molar-refractivity contribution in [3.05, 3.63) is 113 Å². The minimum absolute atomic E-state index is 0.0274. The molecule has 1 atom stereocenters. The Morgan fingerprint density at radius 1 is 0.936 bits per heavy atom. The molecule has 0 aromatic heterocycles. The Kier molecular flexibility index (Phi) is 8.54. The molecular weight excluding hydrogens is 664 g/mol. The topological polar surface area (TPSA) is 138 Å². The molecule has 12 heteroatoms. The van der Waals surface area contributed by atoms with E-state index in [2.05, 4.69) is 31.8 Å². The number of phenolic OH excluding ortho intramolecular Hbond substituents is 1. The molecule has 1 aliphatic heterocycles. The van der Waals surface area contributed by atoms with Gasteiger partial charge in [-0.05, 0) is 55.0 Å². The van der Waals surface area contributed by atoms with Crippen LogP contribution < -0.4 is 15.6 Å². The second kappa shape index (κ2) is 12.7. The van der Waals surface area contributed by atoms with Crippen LogP contribution in [0.2, 0.25) is 0 Å². The third-order valence-corrected chi connectivity index (χ3v) is 8.68. The normalized spacial score (nSPS) is 15.8. The van der Waals surface area contributed by atoms with Gasteiger partial charge in [0.15, 0.2) is 6.17 Å². The summed E-state index contributed by atoms with van der Waals surface area (Å²) in [6.07, 6.45) is 0.0263. The smallest absolute Gasteiger partial charge is 0.347 e. The fraction of sp³-hybridized carbons (Fsp3) is 0.143. The number of halogens is 1.